The van der Waals surface area contributed by atoms with E-state index in [0.29, 0.717) is 6.10 Å². The van der Waals surface area contributed by atoms with Gasteiger partial charge in [-0.05, 0) is 44.6 Å². The summed E-state index contributed by atoms with van der Waals surface area (Å²) in [5.41, 5.74) is 6.28. The molecule has 0 atom stereocenters. The Morgan fingerprint density at radius 3 is 2.50 bits per heavy atom. The van der Waals surface area contributed by atoms with Crippen molar-refractivity contribution in [2.45, 2.75) is 50.7 Å². The molecule has 2 aliphatic rings. The molecule has 2 N–H and O–H groups in total. The van der Waals surface area contributed by atoms with Crippen LogP contribution in [0, 0.1) is 5.92 Å². The highest BCUT2D eigenvalue weighted by Crippen LogP contribution is 2.41. The molecule has 0 heterocycles. The van der Waals surface area contributed by atoms with Crippen LogP contribution < -0.4 is 5.73 Å². The first-order valence-corrected chi connectivity index (χ1v) is 6.72. The number of hydrogen-bond acceptors (Lipinski definition) is 3. The Kier molecular flexibility index (Phi) is 3.88. The summed E-state index contributed by atoms with van der Waals surface area (Å²) in [6.45, 7) is 5.52. The van der Waals surface area contributed by atoms with Crippen molar-refractivity contribution < 1.29 is 4.74 Å². The Balaban J connectivity index is 1.92. The van der Waals surface area contributed by atoms with Gasteiger partial charge < -0.3 is 10.5 Å². The Morgan fingerprint density at radius 2 is 2.06 bits per heavy atom. The van der Waals surface area contributed by atoms with Crippen molar-refractivity contribution in [3.63, 3.8) is 0 Å². The molecule has 0 unspecified atom stereocenters. The van der Waals surface area contributed by atoms with Gasteiger partial charge in [-0.25, -0.2) is 0 Å². The van der Waals surface area contributed by atoms with Crippen LogP contribution in [0.5, 0.6) is 0 Å². The molecule has 0 spiro atoms. The molecule has 2 fully saturated rings. The van der Waals surface area contributed by atoms with Crippen molar-refractivity contribution in [3.8, 4) is 0 Å². The smallest absolute Gasteiger partial charge is 0.0607 e. The van der Waals surface area contributed by atoms with Crippen LogP contribution >= 0.6 is 0 Å². The van der Waals surface area contributed by atoms with Crippen LogP contribution in [-0.4, -0.2) is 43.3 Å². The average molecular weight is 226 g/mol. The number of rotatable bonds is 7. The van der Waals surface area contributed by atoms with Crippen molar-refractivity contribution in [1.82, 2.24) is 4.90 Å². The molecule has 0 aromatic rings. The van der Waals surface area contributed by atoms with Crippen LogP contribution in [0.3, 0.4) is 0 Å². The quantitative estimate of drug-likeness (QED) is 0.717. The van der Waals surface area contributed by atoms with Gasteiger partial charge in [0.2, 0.25) is 0 Å². The molecular formula is C13H26N2O. The molecule has 0 radical (unpaired) electrons. The second-order valence-corrected chi connectivity index (χ2v) is 5.58. The van der Waals surface area contributed by atoms with Crippen molar-refractivity contribution in [2.24, 2.45) is 11.7 Å². The number of hydrogen-bond donors (Lipinski definition) is 1. The fourth-order valence-electron chi connectivity index (χ4n) is 2.91. The molecule has 0 bridgehead atoms. The Hall–Kier alpha value is -0.120. The predicted octanol–water partition coefficient (Wildman–Crippen LogP) is 1.61. The molecule has 2 aliphatic carbocycles. The zero-order valence-corrected chi connectivity index (χ0v) is 10.7. The van der Waals surface area contributed by atoms with Crippen molar-refractivity contribution >= 4 is 0 Å². The monoisotopic (exact) mass is 226 g/mol. The molecule has 0 amide bonds. The van der Waals surface area contributed by atoms with Gasteiger partial charge in [0.05, 0.1) is 6.10 Å². The van der Waals surface area contributed by atoms with Gasteiger partial charge in [-0.1, -0.05) is 6.92 Å². The van der Waals surface area contributed by atoms with Crippen LogP contribution in [0.25, 0.3) is 0 Å². The number of nitrogens with two attached hydrogens (primary N) is 1. The summed E-state index contributed by atoms with van der Waals surface area (Å²) < 4.78 is 5.41. The third kappa shape index (κ3) is 2.41. The van der Waals surface area contributed by atoms with Gasteiger partial charge in [-0.2, -0.15) is 0 Å². The lowest BCUT2D eigenvalue weighted by Gasteiger charge is -2.53. The normalized spacial score (nSPS) is 34.1. The number of nitrogens with zero attached hydrogens (tertiary/aromatic N) is 1. The molecular weight excluding hydrogens is 200 g/mol. The van der Waals surface area contributed by atoms with Crippen molar-refractivity contribution in [1.29, 1.82) is 0 Å². The van der Waals surface area contributed by atoms with E-state index in [2.05, 4.69) is 11.8 Å². The summed E-state index contributed by atoms with van der Waals surface area (Å²) in [5.74, 6) is 0.955. The lowest BCUT2D eigenvalue weighted by molar-refractivity contribution is -0.0887. The molecule has 3 heteroatoms. The van der Waals surface area contributed by atoms with Gasteiger partial charge >= 0.3 is 0 Å². The van der Waals surface area contributed by atoms with E-state index in [9.17, 15) is 0 Å². The minimum absolute atomic E-state index is 0.263. The van der Waals surface area contributed by atoms with E-state index in [1.165, 1.54) is 32.4 Å². The number of methoxy groups -OCH3 is 1. The Bertz CT molecular complexity index is 222. The zero-order chi connectivity index (χ0) is 11.6. The fraction of sp³-hybridized carbons (Fsp3) is 1.00. The Morgan fingerprint density at radius 1 is 1.38 bits per heavy atom. The van der Waals surface area contributed by atoms with E-state index in [4.69, 9.17) is 10.5 Å². The molecule has 16 heavy (non-hydrogen) atoms. The standard InChI is InChI=1S/C13H26N2O/c1-3-6-15(9-11-4-5-11)13(10-14)7-12(8-13)16-2/h11-12H,3-10,14H2,1-2H3. The lowest BCUT2D eigenvalue weighted by atomic mass is 9.72. The molecule has 94 valence electrons. The third-order valence-electron chi connectivity index (χ3n) is 4.27. The van der Waals surface area contributed by atoms with Crippen LogP contribution in [0.2, 0.25) is 0 Å². The number of ether oxygens (including phenoxy) is 1. The highest BCUT2D eigenvalue weighted by atomic mass is 16.5. The summed E-state index contributed by atoms with van der Waals surface area (Å²) in [6, 6.07) is 0. The van der Waals surface area contributed by atoms with Gasteiger partial charge in [-0.15, -0.1) is 0 Å². The van der Waals surface area contributed by atoms with E-state index < -0.39 is 0 Å². The highest BCUT2D eigenvalue weighted by molar-refractivity contribution is 5.05. The first-order valence-electron chi connectivity index (χ1n) is 6.72. The molecule has 0 saturated heterocycles. The maximum absolute atomic E-state index is 6.02. The summed E-state index contributed by atoms with van der Waals surface area (Å²) >= 11 is 0. The van der Waals surface area contributed by atoms with Gasteiger partial charge in [0.25, 0.3) is 0 Å². The van der Waals surface area contributed by atoms with Crippen molar-refractivity contribution in [3.05, 3.63) is 0 Å². The second kappa shape index (κ2) is 5.03. The largest absolute Gasteiger partial charge is 0.381 e. The van der Waals surface area contributed by atoms with Crippen LogP contribution in [0.4, 0.5) is 0 Å². The molecule has 2 saturated carbocycles. The van der Waals surface area contributed by atoms with Gasteiger partial charge in [0.1, 0.15) is 0 Å². The first kappa shape index (κ1) is 12.3. The predicted molar refractivity (Wildman–Crippen MR) is 66.4 cm³/mol. The average Bonchev–Trinajstić information content (AvgIpc) is 3.02. The van der Waals surface area contributed by atoms with Crippen LogP contribution in [-0.2, 0) is 4.74 Å². The summed E-state index contributed by atoms with van der Waals surface area (Å²) in [7, 11) is 1.82. The topological polar surface area (TPSA) is 38.5 Å². The summed E-state index contributed by atoms with van der Waals surface area (Å²) in [5, 5.41) is 0. The van der Waals surface area contributed by atoms with Crippen LogP contribution in [0.15, 0.2) is 0 Å². The SMILES string of the molecule is CCCN(CC1CC1)C1(CN)CC(OC)C1. The zero-order valence-electron chi connectivity index (χ0n) is 10.7. The van der Waals surface area contributed by atoms with Gasteiger partial charge in [0, 0.05) is 25.7 Å². The maximum Gasteiger partial charge on any atom is 0.0607 e. The summed E-state index contributed by atoms with van der Waals surface area (Å²) in [6.07, 6.45) is 6.79. The van der Waals surface area contributed by atoms with E-state index in [1.807, 2.05) is 7.11 Å². The molecule has 3 nitrogen and oxygen atoms in total. The van der Waals surface area contributed by atoms with E-state index in [-0.39, 0.29) is 5.54 Å². The third-order valence-corrected chi connectivity index (χ3v) is 4.27. The first-order chi connectivity index (χ1) is 7.74. The van der Waals surface area contributed by atoms with Crippen molar-refractivity contribution in [2.75, 3.05) is 26.7 Å². The van der Waals surface area contributed by atoms with Gasteiger partial charge in [0.15, 0.2) is 0 Å². The van der Waals surface area contributed by atoms with E-state index >= 15 is 0 Å². The van der Waals surface area contributed by atoms with E-state index in [0.717, 1.165) is 25.3 Å². The summed E-state index contributed by atoms with van der Waals surface area (Å²) in [4.78, 5) is 2.65. The van der Waals surface area contributed by atoms with Crippen LogP contribution in [0.1, 0.15) is 39.0 Å². The second-order valence-electron chi connectivity index (χ2n) is 5.58. The van der Waals surface area contributed by atoms with Gasteiger partial charge in [-0.3, -0.25) is 4.90 Å². The molecule has 0 aromatic carbocycles. The Labute approximate surface area is 99.3 Å². The fourth-order valence-corrected chi connectivity index (χ4v) is 2.91. The molecule has 0 aliphatic heterocycles. The highest BCUT2D eigenvalue weighted by Gasteiger charge is 2.48. The maximum atomic E-state index is 6.02. The molecule has 2 rings (SSSR count). The molecule has 0 aromatic heterocycles. The minimum atomic E-state index is 0.263. The minimum Gasteiger partial charge on any atom is -0.381 e. The van der Waals surface area contributed by atoms with E-state index in [1.54, 1.807) is 0 Å². The lowest BCUT2D eigenvalue weighted by Crippen LogP contribution is -2.64.